The van der Waals surface area contributed by atoms with Gasteiger partial charge in [-0.1, -0.05) is 65.5 Å². The Balaban J connectivity index is 2.47. The molecular formula is C26H44N2O5. The van der Waals surface area contributed by atoms with Crippen LogP contribution < -0.4 is 5.32 Å². The smallest absolute Gasteiger partial charge is 0.310 e. The van der Waals surface area contributed by atoms with Crippen LogP contribution in [0.15, 0.2) is 12.2 Å². The van der Waals surface area contributed by atoms with Gasteiger partial charge in [0.25, 0.3) is 0 Å². The molecule has 2 amide bonds. The van der Waals surface area contributed by atoms with E-state index < -0.39 is 29.8 Å². The van der Waals surface area contributed by atoms with Gasteiger partial charge in [-0.05, 0) is 31.6 Å². The van der Waals surface area contributed by atoms with E-state index in [9.17, 15) is 19.5 Å². The number of likely N-dealkylation sites (tertiary alicyclic amines) is 1. The number of allylic oxidation sites excluding steroid dienone is 1. The van der Waals surface area contributed by atoms with Gasteiger partial charge < -0.3 is 20.1 Å². The number of unbranched alkanes of at least 4 members (excludes halogenated alkanes) is 2. The van der Waals surface area contributed by atoms with E-state index in [-0.39, 0.29) is 42.8 Å². The van der Waals surface area contributed by atoms with Crippen molar-refractivity contribution in [3.63, 3.8) is 0 Å². The number of hydrogen-bond acceptors (Lipinski definition) is 5. The van der Waals surface area contributed by atoms with Crippen molar-refractivity contribution in [2.45, 2.75) is 85.2 Å². The summed E-state index contributed by atoms with van der Waals surface area (Å²) in [5.41, 5.74) is 0. The Kier molecular flexibility index (Phi) is 10.9. The number of nitrogens with zero attached hydrogens (tertiary/aromatic N) is 1. The van der Waals surface area contributed by atoms with Gasteiger partial charge in [0, 0.05) is 12.5 Å². The van der Waals surface area contributed by atoms with Gasteiger partial charge in [0.2, 0.25) is 11.8 Å². The Morgan fingerprint density at radius 1 is 1.15 bits per heavy atom. The van der Waals surface area contributed by atoms with Crippen molar-refractivity contribution in [2.24, 2.45) is 29.6 Å². The Hall–Kier alpha value is -1.89. The number of hydrogen-bond donors (Lipinski definition) is 2. The minimum absolute atomic E-state index is 0.0194. The fourth-order valence-electron chi connectivity index (χ4n) is 5.48. The molecule has 7 heteroatoms. The van der Waals surface area contributed by atoms with Crippen molar-refractivity contribution >= 4 is 17.8 Å². The minimum Gasteiger partial charge on any atom is -0.466 e. The van der Waals surface area contributed by atoms with E-state index in [1.807, 2.05) is 26.0 Å². The lowest BCUT2D eigenvalue weighted by molar-refractivity contribution is -0.156. The molecule has 2 aliphatic rings. The molecule has 0 unspecified atom stereocenters. The van der Waals surface area contributed by atoms with Crippen LogP contribution in [0.4, 0.5) is 0 Å². The Labute approximate surface area is 199 Å². The van der Waals surface area contributed by atoms with Crippen molar-refractivity contribution in [3.8, 4) is 0 Å². The molecule has 0 aromatic carbocycles. The van der Waals surface area contributed by atoms with Crippen molar-refractivity contribution in [1.29, 1.82) is 0 Å². The van der Waals surface area contributed by atoms with Crippen LogP contribution in [0.3, 0.4) is 0 Å². The van der Waals surface area contributed by atoms with Crippen LogP contribution in [-0.2, 0) is 19.1 Å². The number of carbonyl (C=O) groups excluding carboxylic acids is 3. The number of rotatable bonds is 13. The highest BCUT2D eigenvalue weighted by Gasteiger charge is 2.59. The second-order valence-electron chi connectivity index (χ2n) is 9.54. The first-order valence-corrected chi connectivity index (χ1v) is 12.9. The van der Waals surface area contributed by atoms with Crippen LogP contribution in [0.1, 0.15) is 73.1 Å². The second-order valence-corrected chi connectivity index (χ2v) is 9.54. The van der Waals surface area contributed by atoms with Gasteiger partial charge in [-0.2, -0.15) is 0 Å². The molecule has 0 bridgehead atoms. The zero-order valence-electron chi connectivity index (χ0n) is 21.1. The van der Waals surface area contributed by atoms with Gasteiger partial charge in [0.05, 0.1) is 31.1 Å². The van der Waals surface area contributed by atoms with Crippen LogP contribution in [-0.4, -0.2) is 59.6 Å². The minimum atomic E-state index is -0.731. The summed E-state index contributed by atoms with van der Waals surface area (Å²) in [6, 6.07) is -1.20. The zero-order valence-corrected chi connectivity index (χ0v) is 21.1. The van der Waals surface area contributed by atoms with Crippen LogP contribution >= 0.6 is 0 Å². The summed E-state index contributed by atoms with van der Waals surface area (Å²) in [4.78, 5) is 42.0. The Morgan fingerprint density at radius 2 is 1.88 bits per heavy atom. The average Bonchev–Trinajstić information content (AvgIpc) is 3.09. The van der Waals surface area contributed by atoms with Gasteiger partial charge in [-0.15, -0.1) is 0 Å². The first-order valence-electron chi connectivity index (χ1n) is 12.9. The number of fused-ring (bicyclic) bond motifs is 1. The number of ether oxygens (including phenoxy) is 1. The normalized spacial score (nSPS) is 28.4. The van der Waals surface area contributed by atoms with Gasteiger partial charge in [0.15, 0.2) is 0 Å². The molecule has 0 aromatic heterocycles. The SMILES string of the molecule is CCCCCNC(=O)[C@@H]1[C@H]2C=C[C@@H](CCC)[C@@H](C(=O)OCC)[C@H]2C(=O)N1[C@@H](CO)[C@@H](C)CC. The molecular weight excluding hydrogens is 420 g/mol. The van der Waals surface area contributed by atoms with E-state index in [4.69, 9.17) is 4.74 Å². The topological polar surface area (TPSA) is 95.9 Å². The molecule has 2 N–H and O–H groups in total. The Bertz CT molecular complexity index is 694. The van der Waals surface area contributed by atoms with Crippen LogP contribution in [0, 0.1) is 29.6 Å². The lowest BCUT2D eigenvalue weighted by Gasteiger charge is -2.36. The molecule has 7 nitrogen and oxygen atoms in total. The molecule has 7 atom stereocenters. The van der Waals surface area contributed by atoms with E-state index in [0.29, 0.717) is 6.54 Å². The largest absolute Gasteiger partial charge is 0.466 e. The molecule has 0 saturated carbocycles. The van der Waals surface area contributed by atoms with Gasteiger partial charge in [-0.25, -0.2) is 0 Å². The molecule has 1 aliphatic heterocycles. The second kappa shape index (κ2) is 13.1. The third-order valence-corrected chi connectivity index (χ3v) is 7.42. The van der Waals surface area contributed by atoms with Gasteiger partial charge >= 0.3 is 5.97 Å². The number of carbonyl (C=O) groups is 3. The lowest BCUT2D eigenvalue weighted by Crippen LogP contribution is -2.54. The van der Waals surface area contributed by atoms with Crippen LogP contribution in [0.5, 0.6) is 0 Å². The predicted octanol–water partition coefficient (Wildman–Crippen LogP) is 3.31. The number of nitrogens with one attached hydrogen (secondary N) is 1. The van der Waals surface area contributed by atoms with Crippen LogP contribution in [0.2, 0.25) is 0 Å². The molecule has 1 fully saturated rings. The maximum Gasteiger partial charge on any atom is 0.310 e. The summed E-state index contributed by atoms with van der Waals surface area (Å²) in [5.74, 6) is -2.51. The van der Waals surface area contributed by atoms with Crippen molar-refractivity contribution in [1.82, 2.24) is 10.2 Å². The highest BCUT2D eigenvalue weighted by molar-refractivity contribution is 5.96. The van der Waals surface area contributed by atoms with Crippen molar-refractivity contribution in [3.05, 3.63) is 12.2 Å². The third kappa shape index (κ3) is 5.97. The summed E-state index contributed by atoms with van der Waals surface area (Å²) in [7, 11) is 0. The fraction of sp³-hybridized carbons (Fsp3) is 0.808. The monoisotopic (exact) mass is 464 g/mol. The summed E-state index contributed by atoms with van der Waals surface area (Å²) in [5, 5.41) is 13.3. The molecule has 1 saturated heterocycles. The van der Waals surface area contributed by atoms with Crippen LogP contribution in [0.25, 0.3) is 0 Å². The molecule has 1 aliphatic carbocycles. The predicted molar refractivity (Wildman–Crippen MR) is 128 cm³/mol. The summed E-state index contributed by atoms with van der Waals surface area (Å²) >= 11 is 0. The number of esters is 1. The molecule has 0 spiro atoms. The third-order valence-electron chi connectivity index (χ3n) is 7.42. The first-order chi connectivity index (χ1) is 15.9. The molecule has 188 valence electrons. The molecule has 0 aromatic rings. The maximum absolute atomic E-state index is 13.9. The molecule has 0 radical (unpaired) electrons. The lowest BCUT2D eigenvalue weighted by atomic mass is 9.69. The van der Waals surface area contributed by atoms with E-state index in [1.165, 1.54) is 0 Å². The quantitative estimate of drug-likeness (QED) is 0.248. The summed E-state index contributed by atoms with van der Waals surface area (Å²) in [6.07, 6.45) is 9.37. The first kappa shape index (κ1) is 27.4. The Morgan fingerprint density at radius 3 is 2.45 bits per heavy atom. The average molecular weight is 465 g/mol. The zero-order chi connectivity index (χ0) is 24.5. The molecule has 2 rings (SSSR count). The van der Waals surface area contributed by atoms with Crippen molar-refractivity contribution in [2.75, 3.05) is 19.8 Å². The summed E-state index contributed by atoms with van der Waals surface area (Å²) < 4.78 is 5.40. The van der Waals surface area contributed by atoms with Gasteiger partial charge in [0.1, 0.15) is 6.04 Å². The maximum atomic E-state index is 13.9. The van der Waals surface area contributed by atoms with E-state index in [1.54, 1.807) is 11.8 Å². The van der Waals surface area contributed by atoms with Gasteiger partial charge in [-0.3, -0.25) is 14.4 Å². The number of amides is 2. The molecule has 1 heterocycles. The van der Waals surface area contributed by atoms with E-state index in [2.05, 4.69) is 19.2 Å². The highest BCUT2D eigenvalue weighted by Crippen LogP contribution is 2.46. The van der Waals surface area contributed by atoms with E-state index >= 15 is 0 Å². The van der Waals surface area contributed by atoms with E-state index in [0.717, 1.165) is 38.5 Å². The highest BCUT2D eigenvalue weighted by atomic mass is 16.5. The summed E-state index contributed by atoms with van der Waals surface area (Å²) in [6.45, 7) is 10.5. The fourth-order valence-corrected chi connectivity index (χ4v) is 5.48. The standard InChI is InChI=1S/C26H44N2O5/c1-6-10-11-15-27-24(30)23-19-14-13-18(12-7-2)21(26(32)33-9-4)22(19)25(31)28(23)20(16-29)17(5)8-3/h13-14,17-23,29H,6-12,15-16H2,1-5H3,(H,27,30)/t17-,18+,19-,20-,21+,22-,23-/m0/s1. The number of aliphatic hydroxyl groups excluding tert-OH is 1. The number of aliphatic hydroxyl groups is 1. The molecule has 33 heavy (non-hydrogen) atoms. The van der Waals surface area contributed by atoms with Crippen molar-refractivity contribution < 1.29 is 24.2 Å².